The van der Waals surface area contributed by atoms with Crippen LogP contribution < -0.4 is 5.32 Å². The normalized spacial score (nSPS) is 29.5. The second kappa shape index (κ2) is 2.15. The third-order valence-electron chi connectivity index (χ3n) is 2.14. The number of amides is 1. The van der Waals surface area contributed by atoms with Crippen molar-refractivity contribution < 1.29 is 4.79 Å². The van der Waals surface area contributed by atoms with Crippen LogP contribution in [-0.4, -0.2) is 17.6 Å². The van der Waals surface area contributed by atoms with Crippen LogP contribution >= 0.6 is 0 Å². The minimum absolute atomic E-state index is 0.00292. The largest absolute Gasteiger partial charge is 0.294 e. The summed E-state index contributed by atoms with van der Waals surface area (Å²) >= 11 is 0. The Hall–Kier alpha value is -1.19. The Morgan fingerprint density at radius 2 is 2.45 bits per heavy atom. The molecule has 1 saturated carbocycles. The molecule has 0 aromatic rings. The molecule has 58 valence electrons. The molecular formula is C7H9N3O. The van der Waals surface area contributed by atoms with E-state index in [4.69, 9.17) is 5.41 Å². The molecule has 2 aliphatic rings. The van der Waals surface area contributed by atoms with Gasteiger partial charge < -0.3 is 0 Å². The average molecular weight is 151 g/mol. The third-order valence-corrected chi connectivity index (χ3v) is 2.14. The molecule has 1 atom stereocenters. The maximum absolute atomic E-state index is 11.2. The zero-order valence-corrected chi connectivity index (χ0v) is 6.05. The molecule has 1 unspecified atom stereocenters. The Labute approximate surface area is 64.2 Å². The van der Waals surface area contributed by atoms with E-state index in [9.17, 15) is 4.79 Å². The van der Waals surface area contributed by atoms with Crippen molar-refractivity contribution in [1.82, 2.24) is 5.32 Å². The van der Waals surface area contributed by atoms with Gasteiger partial charge in [0.1, 0.15) is 0 Å². The fraction of sp³-hybridized carbons (Fsp3) is 0.571. The van der Waals surface area contributed by atoms with Crippen LogP contribution in [0.25, 0.3) is 0 Å². The van der Waals surface area contributed by atoms with Crippen LogP contribution in [0, 0.1) is 11.3 Å². The zero-order chi connectivity index (χ0) is 7.84. The SMILES string of the molecule is N=C1N=C2CCCC2C(=O)N1. The number of fused-ring (bicyclic) bond motifs is 1. The van der Waals surface area contributed by atoms with E-state index in [1.807, 2.05) is 0 Å². The highest BCUT2D eigenvalue weighted by Gasteiger charge is 2.32. The molecule has 0 spiro atoms. The first-order valence-electron chi connectivity index (χ1n) is 3.74. The van der Waals surface area contributed by atoms with E-state index in [0.717, 1.165) is 25.0 Å². The van der Waals surface area contributed by atoms with Gasteiger partial charge in [-0.05, 0) is 19.3 Å². The van der Waals surface area contributed by atoms with E-state index in [2.05, 4.69) is 10.3 Å². The van der Waals surface area contributed by atoms with Gasteiger partial charge in [-0.3, -0.25) is 15.5 Å². The highest BCUT2D eigenvalue weighted by atomic mass is 16.2. The lowest BCUT2D eigenvalue weighted by Gasteiger charge is -2.15. The molecule has 11 heavy (non-hydrogen) atoms. The molecular weight excluding hydrogens is 142 g/mol. The smallest absolute Gasteiger partial charge is 0.235 e. The lowest BCUT2D eigenvalue weighted by Crippen LogP contribution is -2.41. The topological polar surface area (TPSA) is 65.3 Å². The summed E-state index contributed by atoms with van der Waals surface area (Å²) in [6, 6.07) is 0. The summed E-state index contributed by atoms with van der Waals surface area (Å²) in [5.41, 5.74) is 0.902. The Bertz CT molecular complexity index is 256. The number of nitrogens with one attached hydrogen (secondary N) is 2. The first kappa shape index (κ1) is 6.52. The molecule has 0 bridgehead atoms. The van der Waals surface area contributed by atoms with Gasteiger partial charge in [0.2, 0.25) is 11.9 Å². The van der Waals surface area contributed by atoms with E-state index in [-0.39, 0.29) is 17.8 Å². The molecule has 4 nitrogen and oxygen atoms in total. The summed E-state index contributed by atoms with van der Waals surface area (Å²) in [7, 11) is 0. The van der Waals surface area contributed by atoms with Gasteiger partial charge in [-0.15, -0.1) is 0 Å². The van der Waals surface area contributed by atoms with Crippen molar-refractivity contribution in [2.75, 3.05) is 0 Å². The lowest BCUT2D eigenvalue weighted by atomic mass is 10.1. The van der Waals surface area contributed by atoms with Crippen LogP contribution in [0.4, 0.5) is 0 Å². The molecule has 1 aliphatic heterocycles. The summed E-state index contributed by atoms with van der Waals surface area (Å²) in [5, 5.41) is 9.56. The van der Waals surface area contributed by atoms with Crippen LogP contribution in [-0.2, 0) is 4.79 Å². The maximum Gasteiger partial charge on any atom is 0.235 e. The molecule has 2 rings (SSSR count). The third kappa shape index (κ3) is 0.943. The molecule has 1 heterocycles. The molecule has 4 heteroatoms. The van der Waals surface area contributed by atoms with Crippen LogP contribution in [0.3, 0.4) is 0 Å². The first-order valence-corrected chi connectivity index (χ1v) is 3.74. The van der Waals surface area contributed by atoms with Crippen LogP contribution in [0.2, 0.25) is 0 Å². The van der Waals surface area contributed by atoms with E-state index < -0.39 is 0 Å². The highest BCUT2D eigenvalue weighted by Crippen LogP contribution is 2.24. The van der Waals surface area contributed by atoms with Crippen LogP contribution in [0.5, 0.6) is 0 Å². The number of rotatable bonds is 0. The second-order valence-electron chi connectivity index (χ2n) is 2.89. The number of hydrogen-bond donors (Lipinski definition) is 2. The monoisotopic (exact) mass is 151 g/mol. The van der Waals surface area contributed by atoms with Gasteiger partial charge in [0.25, 0.3) is 0 Å². The first-order chi connectivity index (χ1) is 5.27. The number of carbonyl (C=O) groups excluding carboxylic acids is 1. The highest BCUT2D eigenvalue weighted by molar-refractivity contribution is 6.17. The summed E-state index contributed by atoms with van der Waals surface area (Å²) in [5.74, 6) is -0.0650. The van der Waals surface area contributed by atoms with Crippen molar-refractivity contribution in [2.24, 2.45) is 10.9 Å². The molecule has 1 aliphatic carbocycles. The van der Waals surface area contributed by atoms with Crippen molar-refractivity contribution in [1.29, 1.82) is 5.41 Å². The van der Waals surface area contributed by atoms with E-state index >= 15 is 0 Å². The minimum Gasteiger partial charge on any atom is -0.294 e. The minimum atomic E-state index is -0.0440. The summed E-state index contributed by atoms with van der Waals surface area (Å²) in [4.78, 5) is 15.1. The average Bonchev–Trinajstić information content (AvgIpc) is 2.34. The molecule has 0 aromatic carbocycles. The fourth-order valence-corrected chi connectivity index (χ4v) is 1.62. The molecule has 1 amide bonds. The molecule has 0 saturated heterocycles. The molecule has 0 aromatic heterocycles. The quantitative estimate of drug-likeness (QED) is 0.513. The summed E-state index contributed by atoms with van der Waals surface area (Å²) in [6.45, 7) is 0. The van der Waals surface area contributed by atoms with Gasteiger partial charge in [0.15, 0.2) is 0 Å². The Morgan fingerprint density at radius 3 is 3.27 bits per heavy atom. The van der Waals surface area contributed by atoms with Crippen molar-refractivity contribution in [2.45, 2.75) is 19.3 Å². The van der Waals surface area contributed by atoms with Crippen molar-refractivity contribution in [3.05, 3.63) is 0 Å². The van der Waals surface area contributed by atoms with Gasteiger partial charge >= 0.3 is 0 Å². The molecule has 1 fully saturated rings. The van der Waals surface area contributed by atoms with Crippen molar-refractivity contribution in [3.63, 3.8) is 0 Å². The maximum atomic E-state index is 11.2. The number of carbonyl (C=O) groups is 1. The Balaban J connectivity index is 2.34. The van der Waals surface area contributed by atoms with E-state index in [1.165, 1.54) is 0 Å². The van der Waals surface area contributed by atoms with Crippen LogP contribution in [0.15, 0.2) is 4.99 Å². The number of nitrogens with zero attached hydrogens (tertiary/aromatic N) is 1. The van der Waals surface area contributed by atoms with Gasteiger partial charge in [-0.2, -0.15) is 0 Å². The predicted molar refractivity (Wildman–Crippen MR) is 40.6 cm³/mol. The van der Waals surface area contributed by atoms with Gasteiger partial charge in [-0.1, -0.05) is 0 Å². The Kier molecular flexibility index (Phi) is 1.27. The van der Waals surface area contributed by atoms with E-state index in [0.29, 0.717) is 0 Å². The van der Waals surface area contributed by atoms with Crippen molar-refractivity contribution >= 4 is 17.6 Å². The standard InChI is InChI=1S/C7H9N3O/c8-7-9-5-3-1-2-4(5)6(11)10-7/h4H,1-3H2,(H2,8,10,11). The lowest BCUT2D eigenvalue weighted by molar-refractivity contribution is -0.121. The number of aliphatic imine (C=N–C) groups is 1. The van der Waals surface area contributed by atoms with Crippen molar-refractivity contribution in [3.8, 4) is 0 Å². The Morgan fingerprint density at radius 1 is 1.64 bits per heavy atom. The predicted octanol–water partition coefficient (Wildman–Crippen LogP) is 0.292. The molecule has 0 radical (unpaired) electrons. The number of hydrogen-bond acceptors (Lipinski definition) is 2. The summed E-state index contributed by atoms with van der Waals surface area (Å²) in [6.07, 6.45) is 2.82. The molecule has 2 N–H and O–H groups in total. The zero-order valence-electron chi connectivity index (χ0n) is 6.05. The second-order valence-corrected chi connectivity index (χ2v) is 2.89. The van der Waals surface area contributed by atoms with E-state index in [1.54, 1.807) is 0 Å². The van der Waals surface area contributed by atoms with Crippen LogP contribution in [0.1, 0.15) is 19.3 Å². The van der Waals surface area contributed by atoms with Gasteiger partial charge in [0, 0.05) is 5.71 Å². The number of guanidine groups is 1. The summed E-state index contributed by atoms with van der Waals surface area (Å²) < 4.78 is 0. The van der Waals surface area contributed by atoms with Gasteiger partial charge in [-0.25, -0.2) is 4.99 Å². The fourth-order valence-electron chi connectivity index (χ4n) is 1.62. The van der Waals surface area contributed by atoms with Gasteiger partial charge in [0.05, 0.1) is 5.92 Å².